The van der Waals surface area contributed by atoms with Crippen molar-refractivity contribution in [3.8, 4) is 23.1 Å². The van der Waals surface area contributed by atoms with Gasteiger partial charge in [-0.1, -0.05) is 65.5 Å². The Kier molecular flexibility index (Phi) is 17.5. The number of nitrogens with one attached hydrogen (secondary N) is 4. The number of pyridine rings is 1. The third kappa shape index (κ3) is 14.9. The average Bonchev–Trinajstić information content (AvgIpc) is 3.73. The summed E-state index contributed by atoms with van der Waals surface area (Å²) in [6.45, 7) is 13.0. The fraction of sp³-hybridized carbons (Fsp3) is 0.449. The van der Waals surface area contributed by atoms with Crippen LogP contribution in [0.1, 0.15) is 70.7 Å². The molecule has 4 aromatic rings. The molecule has 1 aliphatic heterocycles. The van der Waals surface area contributed by atoms with Gasteiger partial charge in [-0.25, -0.2) is 28.4 Å². The molecule has 0 unspecified atom stereocenters. The van der Waals surface area contributed by atoms with E-state index < -0.39 is 89.3 Å². The molecular formula is C49H62F2N10O8. The van der Waals surface area contributed by atoms with E-state index in [9.17, 15) is 34.2 Å². The van der Waals surface area contributed by atoms with Gasteiger partial charge >= 0.3 is 12.2 Å². The number of carbonyl (C=O) groups is 5. The Morgan fingerprint density at radius 1 is 0.841 bits per heavy atom. The van der Waals surface area contributed by atoms with E-state index >= 15 is 8.78 Å². The van der Waals surface area contributed by atoms with E-state index in [0.717, 1.165) is 30.1 Å². The molecule has 5 amide bonds. The predicted molar refractivity (Wildman–Crippen MR) is 253 cm³/mol. The Morgan fingerprint density at radius 2 is 1.43 bits per heavy atom. The number of rotatable bonds is 15. The van der Waals surface area contributed by atoms with Crippen molar-refractivity contribution in [2.24, 2.45) is 17.9 Å². The number of benzene rings is 2. The molecule has 18 nitrogen and oxygen atoms in total. The maximum Gasteiger partial charge on any atom is 0.407 e. The normalized spacial score (nSPS) is 14.7. The Labute approximate surface area is 400 Å². The van der Waals surface area contributed by atoms with E-state index in [1.807, 2.05) is 12.1 Å². The predicted octanol–water partition coefficient (Wildman–Crippen LogP) is 4.20. The number of nitrogens with zero attached hydrogens (tertiary/aromatic N) is 6. The van der Waals surface area contributed by atoms with Crippen LogP contribution in [0.2, 0.25) is 0 Å². The van der Waals surface area contributed by atoms with E-state index in [4.69, 9.17) is 4.74 Å². The summed E-state index contributed by atoms with van der Waals surface area (Å²) in [4.78, 5) is 72.3. The number of carboxylic acid groups (broad SMARTS) is 1. The number of anilines is 1. The number of aryl methyl sites for hydroxylation is 1. The van der Waals surface area contributed by atoms with Gasteiger partial charge in [0.05, 0.1) is 24.9 Å². The summed E-state index contributed by atoms with van der Waals surface area (Å²) in [6.07, 6.45) is -0.665. The number of hydrazine groups is 1. The highest BCUT2D eigenvalue weighted by Gasteiger charge is 2.38. The molecule has 0 saturated carbocycles. The molecule has 1 saturated heterocycles. The van der Waals surface area contributed by atoms with Crippen molar-refractivity contribution in [3.63, 3.8) is 0 Å². The molecule has 1 aliphatic rings. The van der Waals surface area contributed by atoms with Gasteiger partial charge in [0.15, 0.2) is 0 Å². The van der Waals surface area contributed by atoms with Gasteiger partial charge in [0.1, 0.15) is 29.5 Å². The lowest BCUT2D eigenvalue weighted by atomic mass is 9.85. The van der Waals surface area contributed by atoms with E-state index in [2.05, 4.69) is 48.2 Å². The molecule has 4 atom stereocenters. The number of halogens is 2. The van der Waals surface area contributed by atoms with Gasteiger partial charge in [-0.05, 0) is 65.3 Å². The van der Waals surface area contributed by atoms with Crippen LogP contribution in [0.3, 0.4) is 0 Å². The maximum absolute atomic E-state index is 15.9. The standard InChI is InChI=1S/C49H62F2N10O8/c1-30(62)59-20-22-60(23-21-59)41-17-16-33(27-52-41)15-12-31-10-13-32(14-11-31)24-39(53-44(64)42(48(2,3)4)55-47(68)69-9)40(63)29-61(57-45(65)43(49(5,6)7)54-46(66)67)28-35-36(50)25-34(26-37(35)51)38-18-19-58(8)56-38/h10-11,13-14,16-19,25-27,39-40,42-43,54,63H,20-24,28-29H2,1-9H3,(H,53,64)(H,55,68)(H,57,65)(H,66,67)/t39-,40-,42+,43+/m0/s1. The van der Waals surface area contributed by atoms with Crippen molar-refractivity contribution in [1.82, 2.24) is 46.0 Å². The fourth-order valence-electron chi connectivity index (χ4n) is 7.61. The number of hydrogen-bond acceptors (Lipinski definition) is 11. The number of aromatic nitrogens is 3. The van der Waals surface area contributed by atoms with Crippen LogP contribution >= 0.6 is 0 Å². The van der Waals surface area contributed by atoms with Crippen LogP contribution in [-0.2, 0) is 39.1 Å². The van der Waals surface area contributed by atoms with Crippen LogP contribution < -0.4 is 26.3 Å². The van der Waals surface area contributed by atoms with E-state index in [1.165, 1.54) is 4.68 Å². The van der Waals surface area contributed by atoms with Gasteiger partial charge in [0.25, 0.3) is 5.91 Å². The van der Waals surface area contributed by atoms with Crippen molar-refractivity contribution in [2.75, 3.05) is 44.7 Å². The minimum atomic E-state index is -1.58. The number of aliphatic hydroxyl groups is 1. The zero-order valence-electron chi connectivity index (χ0n) is 40.4. The molecule has 0 spiro atoms. The molecule has 69 heavy (non-hydrogen) atoms. The lowest BCUT2D eigenvalue weighted by Gasteiger charge is -2.35. The molecule has 2 aromatic carbocycles. The van der Waals surface area contributed by atoms with Gasteiger partial charge < -0.3 is 40.7 Å². The molecule has 5 rings (SSSR count). The summed E-state index contributed by atoms with van der Waals surface area (Å²) in [5.74, 6) is 3.53. The smallest absolute Gasteiger partial charge is 0.407 e. The summed E-state index contributed by atoms with van der Waals surface area (Å²) in [7, 11) is 2.81. The largest absolute Gasteiger partial charge is 0.465 e. The lowest BCUT2D eigenvalue weighted by molar-refractivity contribution is -0.132. The second-order valence-corrected chi connectivity index (χ2v) is 19.1. The Hall–Kier alpha value is -7.11. The van der Waals surface area contributed by atoms with E-state index in [1.54, 1.807) is 103 Å². The topological polar surface area (TPSA) is 224 Å². The number of alkyl carbamates (subject to hydrolysis) is 1. The molecule has 0 radical (unpaired) electrons. The van der Waals surface area contributed by atoms with Crippen molar-refractivity contribution in [3.05, 3.63) is 101 Å². The van der Waals surface area contributed by atoms with Crippen LogP contribution in [0.15, 0.2) is 67.0 Å². The minimum absolute atomic E-state index is 0.0176. The molecule has 370 valence electrons. The summed E-state index contributed by atoms with van der Waals surface area (Å²) < 4.78 is 38.1. The van der Waals surface area contributed by atoms with Crippen molar-refractivity contribution >= 4 is 35.7 Å². The van der Waals surface area contributed by atoms with Gasteiger partial charge in [-0.3, -0.25) is 24.5 Å². The highest BCUT2D eigenvalue weighted by molar-refractivity contribution is 5.87. The third-order valence-corrected chi connectivity index (χ3v) is 11.5. The monoisotopic (exact) mass is 956 g/mol. The number of hydrogen-bond donors (Lipinski definition) is 6. The number of aliphatic hydroxyl groups excluding tert-OH is 1. The number of piperazine rings is 1. The van der Waals surface area contributed by atoms with Crippen molar-refractivity contribution in [1.29, 1.82) is 0 Å². The zero-order valence-corrected chi connectivity index (χ0v) is 40.4. The Bertz CT molecular complexity index is 2500. The van der Waals surface area contributed by atoms with Crippen LogP contribution in [-0.4, -0.2) is 129 Å². The second kappa shape index (κ2) is 22.8. The fourth-order valence-corrected chi connectivity index (χ4v) is 7.61. The molecule has 2 aromatic heterocycles. The Morgan fingerprint density at radius 3 is 1.96 bits per heavy atom. The highest BCUT2D eigenvalue weighted by atomic mass is 19.1. The molecule has 20 heteroatoms. The van der Waals surface area contributed by atoms with Crippen LogP contribution in [0, 0.1) is 34.3 Å². The summed E-state index contributed by atoms with van der Waals surface area (Å²) in [5.41, 5.74) is 2.67. The van der Waals surface area contributed by atoms with E-state index in [-0.39, 0.29) is 17.9 Å². The average molecular weight is 957 g/mol. The van der Waals surface area contributed by atoms with Crippen LogP contribution in [0.25, 0.3) is 11.3 Å². The van der Waals surface area contributed by atoms with Gasteiger partial charge in [0, 0.05) is 87.9 Å². The quantitative estimate of drug-likeness (QED) is 0.0729. The highest BCUT2D eigenvalue weighted by Crippen LogP contribution is 2.26. The summed E-state index contributed by atoms with van der Waals surface area (Å²) in [6, 6.07) is 10.9. The first-order valence-corrected chi connectivity index (χ1v) is 22.3. The van der Waals surface area contributed by atoms with Crippen molar-refractivity contribution < 1.29 is 47.7 Å². The SMILES string of the molecule is COC(=O)N[C@H](C(=O)N[C@@H](Cc1ccc(C#Cc2ccc(N3CCN(C(C)=O)CC3)nc2)cc1)[C@@H](O)CN(Cc1c(F)cc(-c2ccn(C)n2)cc1F)NC(=O)[C@@H](NC(=O)O)C(C)(C)C)C(C)(C)C. The lowest BCUT2D eigenvalue weighted by Crippen LogP contribution is -2.60. The minimum Gasteiger partial charge on any atom is -0.465 e. The number of methoxy groups -OCH3 is 1. The first-order chi connectivity index (χ1) is 32.4. The van der Waals surface area contributed by atoms with Gasteiger partial charge in [0.2, 0.25) is 11.8 Å². The summed E-state index contributed by atoms with van der Waals surface area (Å²) >= 11 is 0. The second-order valence-electron chi connectivity index (χ2n) is 19.1. The van der Waals surface area contributed by atoms with Crippen molar-refractivity contribution in [2.45, 2.75) is 85.7 Å². The molecule has 3 heterocycles. The Balaban J connectivity index is 1.43. The molecular weight excluding hydrogens is 895 g/mol. The molecule has 0 bridgehead atoms. The first kappa shape index (κ1) is 52.9. The molecule has 0 aliphatic carbocycles. The van der Waals surface area contributed by atoms with Crippen LogP contribution in [0.5, 0.6) is 0 Å². The summed E-state index contributed by atoms with van der Waals surface area (Å²) in [5, 5.41) is 34.5. The molecule has 6 N–H and O–H groups in total. The molecule has 1 fully saturated rings. The van der Waals surface area contributed by atoms with Gasteiger partial charge in [-0.15, -0.1) is 0 Å². The number of carbonyl (C=O) groups excluding carboxylic acids is 4. The zero-order chi connectivity index (χ0) is 50.8. The maximum atomic E-state index is 15.9. The number of ether oxygens (including phenoxy) is 1. The van der Waals surface area contributed by atoms with Gasteiger partial charge in [-0.2, -0.15) is 5.10 Å². The number of amides is 5. The third-order valence-electron chi connectivity index (χ3n) is 11.5. The van der Waals surface area contributed by atoms with E-state index in [0.29, 0.717) is 48.6 Å². The first-order valence-electron chi connectivity index (χ1n) is 22.3. The van der Waals surface area contributed by atoms with Crippen LogP contribution in [0.4, 0.5) is 24.2 Å².